The molecule has 23 heavy (non-hydrogen) atoms. The molecule has 7 nitrogen and oxygen atoms in total. The van der Waals surface area contributed by atoms with Gasteiger partial charge in [0.1, 0.15) is 12.1 Å². The number of hydrogen-bond donors (Lipinski definition) is 0. The first kappa shape index (κ1) is 15.3. The molecule has 0 radical (unpaired) electrons. The van der Waals surface area contributed by atoms with Crippen molar-refractivity contribution < 1.29 is 14.3 Å². The Morgan fingerprint density at radius 2 is 2.17 bits per heavy atom. The number of ketones is 1. The predicted molar refractivity (Wildman–Crippen MR) is 80.5 cm³/mol. The normalized spacial score (nSPS) is 18.8. The number of hydrogen-bond acceptors (Lipinski definition) is 6. The number of nitrogens with zero attached hydrogens (tertiary/aromatic N) is 4. The second-order valence-electron chi connectivity index (χ2n) is 5.79. The van der Waals surface area contributed by atoms with Crippen molar-refractivity contribution in [2.24, 2.45) is 5.92 Å². The van der Waals surface area contributed by atoms with Crippen LogP contribution in [-0.2, 0) is 20.9 Å². The van der Waals surface area contributed by atoms with Gasteiger partial charge in [0, 0.05) is 12.8 Å². The molecule has 0 amide bonds. The van der Waals surface area contributed by atoms with Gasteiger partial charge in [-0.1, -0.05) is 24.3 Å². The van der Waals surface area contributed by atoms with Gasteiger partial charge in [-0.05, 0) is 33.9 Å². The number of methoxy groups -OCH3 is 1. The maximum absolute atomic E-state index is 12.2. The lowest BCUT2D eigenvalue weighted by Gasteiger charge is -2.21. The predicted octanol–water partition coefficient (Wildman–Crippen LogP) is 1.35. The molecule has 2 aromatic rings. The molecule has 0 bridgehead atoms. The summed E-state index contributed by atoms with van der Waals surface area (Å²) in [4.78, 5) is 23.7. The molecule has 0 spiro atoms. The molecule has 2 unspecified atom stereocenters. The lowest BCUT2D eigenvalue weighted by Crippen LogP contribution is -2.22. The molecule has 1 aromatic heterocycles. The van der Waals surface area contributed by atoms with Crippen LogP contribution in [0.2, 0.25) is 0 Å². The van der Waals surface area contributed by atoms with Crippen molar-refractivity contribution in [3.05, 3.63) is 41.7 Å². The van der Waals surface area contributed by atoms with E-state index >= 15 is 0 Å². The zero-order valence-corrected chi connectivity index (χ0v) is 12.9. The molecule has 1 heterocycles. The zero-order valence-electron chi connectivity index (χ0n) is 12.9. The van der Waals surface area contributed by atoms with E-state index in [0.29, 0.717) is 19.4 Å². The van der Waals surface area contributed by atoms with Crippen LogP contribution < -0.4 is 0 Å². The van der Waals surface area contributed by atoms with E-state index in [2.05, 4.69) is 15.5 Å². The standard InChI is InChI=1S/C16H18N4O3/c1-23-16(22)15(13-6-7-14(21)8-13)12-4-2-11(3-5-12)9-20-10-17-18-19-20/h2-5,10,13,15H,6-9H2,1H3. The van der Waals surface area contributed by atoms with Crippen molar-refractivity contribution >= 4 is 11.8 Å². The van der Waals surface area contributed by atoms with Gasteiger partial charge < -0.3 is 4.74 Å². The van der Waals surface area contributed by atoms with Gasteiger partial charge in [-0.25, -0.2) is 4.68 Å². The van der Waals surface area contributed by atoms with E-state index in [1.807, 2.05) is 24.3 Å². The van der Waals surface area contributed by atoms with Crippen LogP contribution in [-0.4, -0.2) is 39.1 Å². The first-order valence-corrected chi connectivity index (χ1v) is 7.56. The SMILES string of the molecule is COC(=O)C(c1ccc(Cn2cnnn2)cc1)C1CCC(=O)C1. The molecule has 7 heteroatoms. The zero-order chi connectivity index (χ0) is 16.2. The Hall–Kier alpha value is -2.57. The van der Waals surface area contributed by atoms with Crippen LogP contribution in [0, 0.1) is 5.92 Å². The van der Waals surface area contributed by atoms with Crippen molar-refractivity contribution in [3.8, 4) is 0 Å². The van der Waals surface area contributed by atoms with Crippen molar-refractivity contribution in [2.45, 2.75) is 31.7 Å². The Morgan fingerprint density at radius 3 is 2.74 bits per heavy atom. The molecule has 1 saturated carbocycles. The van der Waals surface area contributed by atoms with Gasteiger partial charge >= 0.3 is 5.97 Å². The Labute approximate surface area is 133 Å². The van der Waals surface area contributed by atoms with E-state index in [4.69, 9.17) is 4.74 Å². The molecule has 2 atom stereocenters. The Balaban J connectivity index is 1.79. The van der Waals surface area contributed by atoms with Gasteiger partial charge in [-0.3, -0.25) is 9.59 Å². The minimum absolute atomic E-state index is 0.0281. The van der Waals surface area contributed by atoms with Gasteiger partial charge in [0.05, 0.1) is 19.6 Å². The van der Waals surface area contributed by atoms with E-state index in [9.17, 15) is 9.59 Å². The first-order chi connectivity index (χ1) is 11.2. The van der Waals surface area contributed by atoms with Crippen LogP contribution in [0.1, 0.15) is 36.3 Å². The summed E-state index contributed by atoms with van der Waals surface area (Å²) >= 11 is 0. The summed E-state index contributed by atoms with van der Waals surface area (Å²) in [5.74, 6) is -0.411. The number of carbonyl (C=O) groups excluding carboxylic acids is 2. The van der Waals surface area contributed by atoms with E-state index in [1.54, 1.807) is 11.0 Å². The number of Topliss-reactive ketones (excluding diaryl/α,β-unsaturated/α-hetero) is 1. The quantitative estimate of drug-likeness (QED) is 0.774. The molecule has 1 fully saturated rings. The topological polar surface area (TPSA) is 87.0 Å². The molecule has 0 aliphatic heterocycles. The van der Waals surface area contributed by atoms with Crippen LogP contribution in [0.15, 0.2) is 30.6 Å². The fourth-order valence-electron chi connectivity index (χ4n) is 3.13. The number of ether oxygens (including phenoxy) is 1. The highest BCUT2D eigenvalue weighted by Gasteiger charge is 2.35. The van der Waals surface area contributed by atoms with Crippen LogP contribution in [0.4, 0.5) is 0 Å². The summed E-state index contributed by atoms with van der Waals surface area (Å²) in [7, 11) is 1.39. The molecular formula is C16H18N4O3. The molecule has 0 saturated heterocycles. The van der Waals surface area contributed by atoms with E-state index in [1.165, 1.54) is 7.11 Å². The van der Waals surface area contributed by atoms with Gasteiger partial charge in [-0.15, -0.1) is 5.10 Å². The summed E-state index contributed by atoms with van der Waals surface area (Å²) in [6.45, 7) is 0.568. The monoisotopic (exact) mass is 314 g/mol. The number of tetrazole rings is 1. The molecule has 3 rings (SSSR count). The highest BCUT2D eigenvalue weighted by Crippen LogP contribution is 2.36. The van der Waals surface area contributed by atoms with Crippen LogP contribution in [0.3, 0.4) is 0 Å². The van der Waals surface area contributed by atoms with Crippen molar-refractivity contribution in [1.82, 2.24) is 20.2 Å². The van der Waals surface area contributed by atoms with Crippen LogP contribution >= 0.6 is 0 Å². The minimum Gasteiger partial charge on any atom is -0.469 e. The Bertz CT molecular complexity index is 682. The molecule has 1 aliphatic rings. The van der Waals surface area contributed by atoms with Gasteiger partial charge in [0.25, 0.3) is 0 Å². The molecule has 1 aliphatic carbocycles. The maximum Gasteiger partial charge on any atom is 0.313 e. The lowest BCUT2D eigenvalue weighted by molar-refractivity contribution is -0.143. The number of benzene rings is 1. The fourth-order valence-corrected chi connectivity index (χ4v) is 3.13. The largest absolute Gasteiger partial charge is 0.469 e. The molecule has 1 aromatic carbocycles. The third-order valence-electron chi connectivity index (χ3n) is 4.29. The number of aromatic nitrogens is 4. The van der Waals surface area contributed by atoms with Gasteiger partial charge in [0.15, 0.2) is 0 Å². The van der Waals surface area contributed by atoms with Crippen molar-refractivity contribution in [3.63, 3.8) is 0 Å². The van der Waals surface area contributed by atoms with E-state index < -0.39 is 0 Å². The first-order valence-electron chi connectivity index (χ1n) is 7.56. The van der Waals surface area contributed by atoms with Crippen molar-refractivity contribution in [1.29, 1.82) is 0 Å². The fraction of sp³-hybridized carbons (Fsp3) is 0.438. The molecule has 120 valence electrons. The number of rotatable bonds is 5. The molecular weight excluding hydrogens is 296 g/mol. The lowest BCUT2D eigenvalue weighted by atomic mass is 9.84. The second kappa shape index (κ2) is 6.68. The smallest absolute Gasteiger partial charge is 0.313 e. The van der Waals surface area contributed by atoms with Crippen molar-refractivity contribution in [2.75, 3.05) is 7.11 Å². The second-order valence-corrected chi connectivity index (χ2v) is 5.79. The average Bonchev–Trinajstić information content (AvgIpc) is 3.21. The Morgan fingerprint density at radius 1 is 1.39 bits per heavy atom. The third-order valence-corrected chi connectivity index (χ3v) is 4.29. The maximum atomic E-state index is 12.2. The van der Waals surface area contributed by atoms with Crippen LogP contribution in [0.5, 0.6) is 0 Å². The number of esters is 1. The average molecular weight is 314 g/mol. The minimum atomic E-state index is -0.381. The Kier molecular flexibility index (Phi) is 4.45. The van der Waals surface area contributed by atoms with Gasteiger partial charge in [-0.2, -0.15) is 0 Å². The van der Waals surface area contributed by atoms with E-state index in [0.717, 1.165) is 17.5 Å². The highest BCUT2D eigenvalue weighted by atomic mass is 16.5. The summed E-state index contributed by atoms with van der Waals surface area (Å²) < 4.78 is 6.58. The molecule has 0 N–H and O–H groups in total. The summed E-state index contributed by atoms with van der Waals surface area (Å²) in [6.07, 6.45) is 3.29. The third kappa shape index (κ3) is 3.44. The highest BCUT2D eigenvalue weighted by molar-refractivity contribution is 5.84. The summed E-state index contributed by atoms with van der Waals surface area (Å²) in [6, 6.07) is 7.74. The van der Waals surface area contributed by atoms with E-state index in [-0.39, 0.29) is 23.6 Å². The van der Waals surface area contributed by atoms with Gasteiger partial charge in [0.2, 0.25) is 0 Å². The summed E-state index contributed by atoms with van der Waals surface area (Å²) in [5.41, 5.74) is 1.92. The van der Waals surface area contributed by atoms with Crippen LogP contribution in [0.25, 0.3) is 0 Å². The summed E-state index contributed by atoms with van der Waals surface area (Å²) in [5, 5.41) is 11.0. The number of carbonyl (C=O) groups is 2.